The van der Waals surface area contributed by atoms with Crippen molar-refractivity contribution in [3.63, 3.8) is 0 Å². The van der Waals surface area contributed by atoms with E-state index < -0.39 is 6.36 Å². The highest BCUT2D eigenvalue weighted by Crippen LogP contribution is 2.40. The average molecular weight is 322 g/mol. The maximum atomic E-state index is 12.5. The fourth-order valence-electron chi connectivity index (χ4n) is 2.14. The summed E-state index contributed by atoms with van der Waals surface area (Å²) in [5.74, 6) is -0.315. The van der Waals surface area contributed by atoms with Crippen LogP contribution in [0.5, 0.6) is 5.75 Å². The molecule has 0 spiro atoms. The highest BCUT2D eigenvalue weighted by molar-refractivity contribution is 7.22. The van der Waals surface area contributed by atoms with Crippen molar-refractivity contribution in [3.05, 3.63) is 54.1 Å². The SMILES string of the molecule is O=Cc1ccc(OC(F)(F)F)c(-c2cc3ccccc3s2)c1. The van der Waals surface area contributed by atoms with Crippen molar-refractivity contribution < 1.29 is 22.7 Å². The summed E-state index contributed by atoms with van der Waals surface area (Å²) in [4.78, 5) is 11.5. The van der Waals surface area contributed by atoms with Gasteiger partial charge in [-0.15, -0.1) is 24.5 Å². The first-order valence-corrected chi connectivity index (χ1v) is 7.12. The van der Waals surface area contributed by atoms with Crippen LogP contribution in [0.3, 0.4) is 0 Å². The number of alkyl halides is 3. The fourth-order valence-corrected chi connectivity index (χ4v) is 3.23. The van der Waals surface area contributed by atoms with E-state index in [1.54, 1.807) is 6.07 Å². The Hall–Kier alpha value is -2.34. The largest absolute Gasteiger partial charge is 0.573 e. The van der Waals surface area contributed by atoms with E-state index in [9.17, 15) is 18.0 Å². The lowest BCUT2D eigenvalue weighted by Gasteiger charge is -2.12. The van der Waals surface area contributed by atoms with Crippen LogP contribution in [-0.2, 0) is 0 Å². The first kappa shape index (κ1) is 14.6. The monoisotopic (exact) mass is 322 g/mol. The molecule has 3 aromatic rings. The van der Waals surface area contributed by atoms with Gasteiger partial charge in [-0.25, -0.2) is 0 Å². The number of hydrogen-bond donors (Lipinski definition) is 0. The molecule has 0 bridgehead atoms. The predicted molar refractivity (Wildman–Crippen MR) is 79.3 cm³/mol. The number of fused-ring (bicyclic) bond motifs is 1. The lowest BCUT2D eigenvalue weighted by Crippen LogP contribution is -2.17. The van der Waals surface area contributed by atoms with Crippen molar-refractivity contribution in [2.75, 3.05) is 0 Å². The van der Waals surface area contributed by atoms with E-state index in [0.29, 0.717) is 16.7 Å². The minimum Gasteiger partial charge on any atom is -0.405 e. The zero-order valence-corrected chi connectivity index (χ0v) is 11.9. The van der Waals surface area contributed by atoms with Crippen LogP contribution in [0.25, 0.3) is 20.5 Å². The average Bonchev–Trinajstić information content (AvgIpc) is 2.89. The molecular formula is C16H9F3O2S. The molecule has 1 heterocycles. The third-order valence-electron chi connectivity index (χ3n) is 3.06. The van der Waals surface area contributed by atoms with Gasteiger partial charge < -0.3 is 4.74 Å². The second-order valence-corrected chi connectivity index (χ2v) is 5.65. The smallest absolute Gasteiger partial charge is 0.405 e. The molecule has 22 heavy (non-hydrogen) atoms. The highest BCUT2D eigenvalue weighted by Gasteiger charge is 2.32. The van der Waals surface area contributed by atoms with Crippen LogP contribution in [0, 0.1) is 0 Å². The van der Waals surface area contributed by atoms with Gasteiger partial charge >= 0.3 is 6.36 Å². The van der Waals surface area contributed by atoms with Crippen LogP contribution in [0.15, 0.2) is 48.5 Å². The number of ether oxygens (including phenoxy) is 1. The molecule has 0 radical (unpaired) electrons. The normalized spacial score (nSPS) is 11.6. The molecule has 0 aliphatic carbocycles. The summed E-state index contributed by atoms with van der Waals surface area (Å²) in [7, 11) is 0. The van der Waals surface area contributed by atoms with Gasteiger partial charge in [0.1, 0.15) is 12.0 Å². The number of carbonyl (C=O) groups is 1. The lowest BCUT2D eigenvalue weighted by molar-refractivity contribution is -0.274. The summed E-state index contributed by atoms with van der Waals surface area (Å²) < 4.78 is 42.6. The van der Waals surface area contributed by atoms with Crippen LogP contribution in [0.4, 0.5) is 13.2 Å². The Bertz CT molecular complexity index is 804. The molecule has 0 saturated heterocycles. The predicted octanol–water partition coefficient (Wildman–Crippen LogP) is 5.28. The zero-order chi connectivity index (χ0) is 15.7. The van der Waals surface area contributed by atoms with E-state index in [-0.39, 0.29) is 11.3 Å². The van der Waals surface area contributed by atoms with Crippen LogP contribution in [0.1, 0.15) is 10.4 Å². The molecule has 0 fully saturated rings. The summed E-state index contributed by atoms with van der Waals surface area (Å²) in [5, 5.41) is 0.928. The number of hydrogen-bond acceptors (Lipinski definition) is 3. The Morgan fingerprint density at radius 3 is 2.50 bits per heavy atom. The third kappa shape index (κ3) is 2.96. The second kappa shape index (κ2) is 5.46. The van der Waals surface area contributed by atoms with Crippen LogP contribution in [0.2, 0.25) is 0 Å². The van der Waals surface area contributed by atoms with E-state index in [4.69, 9.17) is 0 Å². The maximum Gasteiger partial charge on any atom is 0.573 e. The van der Waals surface area contributed by atoms with Gasteiger partial charge in [-0.3, -0.25) is 4.79 Å². The van der Waals surface area contributed by atoms with Gasteiger partial charge in [-0.05, 0) is 35.7 Å². The van der Waals surface area contributed by atoms with E-state index in [2.05, 4.69) is 4.74 Å². The fraction of sp³-hybridized carbons (Fsp3) is 0.0625. The Morgan fingerprint density at radius 1 is 1.05 bits per heavy atom. The van der Waals surface area contributed by atoms with Crippen molar-refractivity contribution in [1.29, 1.82) is 0 Å². The van der Waals surface area contributed by atoms with E-state index in [1.807, 2.05) is 24.3 Å². The van der Waals surface area contributed by atoms with Gasteiger partial charge in [0.15, 0.2) is 0 Å². The topological polar surface area (TPSA) is 26.3 Å². The molecule has 0 aliphatic heterocycles. The minimum absolute atomic E-state index is 0.253. The summed E-state index contributed by atoms with van der Waals surface area (Å²) in [5.41, 5.74) is 0.546. The number of thiophene rings is 1. The number of carbonyl (C=O) groups excluding carboxylic acids is 1. The van der Waals surface area contributed by atoms with Gasteiger partial charge in [-0.2, -0.15) is 0 Å². The van der Waals surface area contributed by atoms with Crippen LogP contribution >= 0.6 is 11.3 Å². The maximum absolute atomic E-state index is 12.5. The Morgan fingerprint density at radius 2 is 1.82 bits per heavy atom. The molecule has 0 atom stereocenters. The standard InChI is InChI=1S/C16H9F3O2S/c17-16(18,19)21-13-6-5-10(9-20)7-12(13)15-8-11-3-1-2-4-14(11)22-15/h1-9H. The first-order valence-electron chi connectivity index (χ1n) is 6.30. The Kier molecular flexibility index (Phi) is 3.62. The molecule has 1 aromatic heterocycles. The molecule has 0 unspecified atom stereocenters. The summed E-state index contributed by atoms with van der Waals surface area (Å²) in [6, 6.07) is 13.1. The van der Waals surface area contributed by atoms with E-state index in [0.717, 1.165) is 16.2 Å². The Balaban J connectivity index is 2.15. The van der Waals surface area contributed by atoms with Crippen molar-refractivity contribution in [3.8, 4) is 16.2 Å². The summed E-state index contributed by atoms with van der Waals surface area (Å²) in [6.07, 6.45) is -4.19. The van der Waals surface area contributed by atoms with E-state index in [1.165, 1.54) is 23.5 Å². The summed E-state index contributed by atoms with van der Waals surface area (Å²) in [6.45, 7) is 0. The number of rotatable bonds is 3. The first-order chi connectivity index (χ1) is 10.5. The molecule has 0 amide bonds. The van der Waals surface area contributed by atoms with Gasteiger partial charge in [0, 0.05) is 20.7 Å². The number of halogens is 3. The molecular weight excluding hydrogens is 313 g/mol. The molecule has 2 aromatic carbocycles. The van der Waals surface area contributed by atoms with Crippen molar-refractivity contribution in [2.24, 2.45) is 0 Å². The second-order valence-electron chi connectivity index (χ2n) is 4.57. The van der Waals surface area contributed by atoms with Crippen molar-refractivity contribution in [2.45, 2.75) is 6.36 Å². The molecule has 112 valence electrons. The minimum atomic E-state index is -4.78. The van der Waals surface area contributed by atoms with Crippen LogP contribution in [-0.4, -0.2) is 12.6 Å². The number of benzene rings is 2. The van der Waals surface area contributed by atoms with Crippen molar-refractivity contribution >= 4 is 27.7 Å². The number of aldehydes is 1. The lowest BCUT2D eigenvalue weighted by atomic mass is 10.1. The third-order valence-corrected chi connectivity index (χ3v) is 4.21. The molecule has 0 aliphatic rings. The molecule has 0 saturated carbocycles. The van der Waals surface area contributed by atoms with Gasteiger partial charge in [0.2, 0.25) is 0 Å². The Labute approximate surface area is 127 Å². The molecule has 6 heteroatoms. The highest BCUT2D eigenvalue weighted by atomic mass is 32.1. The van der Waals surface area contributed by atoms with Gasteiger partial charge in [0.05, 0.1) is 0 Å². The molecule has 2 nitrogen and oxygen atoms in total. The zero-order valence-electron chi connectivity index (χ0n) is 11.1. The van der Waals surface area contributed by atoms with Crippen LogP contribution < -0.4 is 4.74 Å². The summed E-state index contributed by atoms with van der Waals surface area (Å²) >= 11 is 1.35. The van der Waals surface area contributed by atoms with E-state index >= 15 is 0 Å². The van der Waals surface area contributed by atoms with Gasteiger partial charge in [0.25, 0.3) is 0 Å². The molecule has 0 N–H and O–H groups in total. The molecule has 3 rings (SSSR count). The van der Waals surface area contributed by atoms with Crippen molar-refractivity contribution in [1.82, 2.24) is 0 Å². The quantitative estimate of drug-likeness (QED) is 0.613. The van der Waals surface area contributed by atoms with Gasteiger partial charge in [-0.1, -0.05) is 18.2 Å².